The van der Waals surface area contributed by atoms with E-state index in [-0.39, 0.29) is 0 Å². The van der Waals surface area contributed by atoms with Gasteiger partial charge in [0.25, 0.3) is 0 Å². The van der Waals surface area contributed by atoms with Crippen molar-refractivity contribution in [2.75, 3.05) is 12.8 Å². The molecule has 1 aliphatic carbocycles. The molecule has 0 bridgehead atoms. The number of hydrogen-bond acceptors (Lipinski definition) is 2. The van der Waals surface area contributed by atoms with Crippen LogP contribution in [0.15, 0.2) is 18.2 Å². The van der Waals surface area contributed by atoms with Crippen LogP contribution in [0, 0.1) is 19.8 Å². The van der Waals surface area contributed by atoms with Crippen molar-refractivity contribution in [3.8, 4) is 0 Å². The number of benzene rings is 1. The van der Waals surface area contributed by atoms with E-state index in [1.807, 2.05) is 0 Å². The second kappa shape index (κ2) is 7.37. The average molecular weight is 293 g/mol. The summed E-state index contributed by atoms with van der Waals surface area (Å²) in [6.07, 6.45) is 5.00. The van der Waals surface area contributed by atoms with Gasteiger partial charge < -0.3 is 5.32 Å². The van der Waals surface area contributed by atoms with Gasteiger partial charge in [0.1, 0.15) is 0 Å². The van der Waals surface area contributed by atoms with E-state index < -0.39 is 10.8 Å². The molecule has 20 heavy (non-hydrogen) atoms. The van der Waals surface area contributed by atoms with E-state index in [1.165, 1.54) is 36.0 Å². The van der Waals surface area contributed by atoms with Gasteiger partial charge in [0.15, 0.2) is 0 Å². The van der Waals surface area contributed by atoms with E-state index in [9.17, 15) is 4.21 Å². The molecule has 0 saturated heterocycles. The molecule has 1 fully saturated rings. The van der Waals surface area contributed by atoms with Gasteiger partial charge in [0.2, 0.25) is 0 Å². The van der Waals surface area contributed by atoms with Crippen molar-refractivity contribution >= 4 is 10.8 Å². The highest BCUT2D eigenvalue weighted by atomic mass is 32.2. The van der Waals surface area contributed by atoms with Crippen molar-refractivity contribution in [2.24, 2.45) is 5.92 Å². The van der Waals surface area contributed by atoms with Gasteiger partial charge in [-0.3, -0.25) is 4.21 Å². The first-order valence-electron chi connectivity index (χ1n) is 7.68. The molecule has 0 aliphatic heterocycles. The lowest BCUT2D eigenvalue weighted by Crippen LogP contribution is -2.29. The molecule has 1 N–H and O–H groups in total. The Balaban J connectivity index is 1.83. The molecule has 2 rings (SSSR count). The number of rotatable bonds is 6. The molecule has 0 heterocycles. The zero-order valence-electron chi connectivity index (χ0n) is 12.9. The lowest BCUT2D eigenvalue weighted by molar-refractivity contribution is 0.416. The molecule has 0 amide bonds. The van der Waals surface area contributed by atoms with Gasteiger partial charge in [-0.1, -0.05) is 35.7 Å². The zero-order chi connectivity index (χ0) is 14.5. The summed E-state index contributed by atoms with van der Waals surface area (Å²) in [5.74, 6) is 2.28. The Morgan fingerprint density at radius 1 is 1.20 bits per heavy atom. The van der Waals surface area contributed by atoms with Crippen molar-refractivity contribution in [3.63, 3.8) is 0 Å². The lowest BCUT2D eigenvalue weighted by Gasteiger charge is -2.18. The molecule has 0 spiro atoms. The van der Waals surface area contributed by atoms with Gasteiger partial charge in [0.05, 0.1) is 0 Å². The Morgan fingerprint density at radius 3 is 2.55 bits per heavy atom. The minimum Gasteiger partial charge on any atom is -0.317 e. The maximum atomic E-state index is 12.3. The topological polar surface area (TPSA) is 29.1 Å². The number of hydrogen-bond donors (Lipinski definition) is 1. The van der Waals surface area contributed by atoms with Crippen molar-refractivity contribution in [1.29, 1.82) is 0 Å². The fourth-order valence-corrected chi connectivity index (χ4v) is 4.70. The highest BCUT2D eigenvalue weighted by molar-refractivity contribution is 7.84. The first-order chi connectivity index (χ1) is 9.58. The Hall–Kier alpha value is -0.670. The van der Waals surface area contributed by atoms with Crippen LogP contribution in [0.3, 0.4) is 0 Å². The van der Waals surface area contributed by atoms with Crippen LogP contribution in [0.5, 0.6) is 0 Å². The van der Waals surface area contributed by atoms with Crippen molar-refractivity contribution < 1.29 is 4.21 Å². The molecule has 1 aromatic carbocycles. The molecular formula is C17H27NOS. The molecule has 3 atom stereocenters. The molecule has 3 heteroatoms. The fourth-order valence-electron chi connectivity index (χ4n) is 3.46. The van der Waals surface area contributed by atoms with Crippen LogP contribution in [0.4, 0.5) is 0 Å². The molecule has 0 radical (unpaired) electrons. The third-order valence-electron chi connectivity index (χ3n) is 4.36. The van der Waals surface area contributed by atoms with E-state index in [1.54, 1.807) is 0 Å². The van der Waals surface area contributed by atoms with Crippen LogP contribution < -0.4 is 5.32 Å². The van der Waals surface area contributed by atoms with Crippen molar-refractivity contribution in [3.05, 3.63) is 34.9 Å². The second-order valence-electron chi connectivity index (χ2n) is 6.16. The first-order valence-corrected chi connectivity index (χ1v) is 9.16. The summed E-state index contributed by atoms with van der Waals surface area (Å²) >= 11 is 0. The Bertz CT molecular complexity index is 452. The maximum absolute atomic E-state index is 12.3. The van der Waals surface area contributed by atoms with Gasteiger partial charge in [-0.2, -0.15) is 0 Å². The Morgan fingerprint density at radius 2 is 1.90 bits per heavy atom. The summed E-state index contributed by atoms with van der Waals surface area (Å²) < 4.78 is 12.3. The minimum absolute atomic E-state index is 0.646. The third-order valence-corrected chi connectivity index (χ3v) is 5.70. The molecule has 2 nitrogen and oxygen atoms in total. The largest absolute Gasteiger partial charge is 0.317 e. The zero-order valence-corrected chi connectivity index (χ0v) is 13.8. The standard InChI is InChI=1S/C17H27NOS/c1-13-9-14(2)11-15(10-13)12-20(19)8-7-16-5-4-6-17(16)18-3/h9-11,16-18H,4-8,12H2,1-3H3. The summed E-state index contributed by atoms with van der Waals surface area (Å²) in [5, 5.41) is 3.40. The van der Waals surface area contributed by atoms with Crippen molar-refractivity contribution in [2.45, 2.75) is 51.3 Å². The molecule has 1 aliphatic rings. The van der Waals surface area contributed by atoms with E-state index in [0.29, 0.717) is 11.8 Å². The molecule has 3 unspecified atom stereocenters. The van der Waals surface area contributed by atoms with E-state index in [0.717, 1.165) is 18.1 Å². The van der Waals surface area contributed by atoms with Crippen molar-refractivity contribution in [1.82, 2.24) is 5.32 Å². The Kier molecular flexibility index (Phi) is 5.79. The molecule has 112 valence electrons. The monoisotopic (exact) mass is 293 g/mol. The first kappa shape index (κ1) is 15.7. The Labute approximate surface area is 125 Å². The summed E-state index contributed by atoms with van der Waals surface area (Å²) in [4.78, 5) is 0. The quantitative estimate of drug-likeness (QED) is 0.871. The molecule has 1 aromatic rings. The number of aryl methyl sites for hydroxylation is 2. The van der Waals surface area contributed by atoms with Gasteiger partial charge in [-0.25, -0.2) is 0 Å². The van der Waals surface area contributed by atoms with Crippen LogP contribution >= 0.6 is 0 Å². The molecule has 0 aromatic heterocycles. The highest BCUT2D eigenvalue weighted by Crippen LogP contribution is 2.28. The van der Waals surface area contributed by atoms with Crippen LogP contribution in [-0.2, 0) is 16.6 Å². The molecule has 1 saturated carbocycles. The second-order valence-corrected chi connectivity index (χ2v) is 7.74. The summed E-state index contributed by atoms with van der Waals surface area (Å²) in [7, 11) is 1.32. The fraction of sp³-hybridized carbons (Fsp3) is 0.647. The van der Waals surface area contributed by atoms with E-state index >= 15 is 0 Å². The van der Waals surface area contributed by atoms with E-state index in [2.05, 4.69) is 44.4 Å². The summed E-state index contributed by atoms with van der Waals surface area (Å²) in [5.41, 5.74) is 3.75. The highest BCUT2D eigenvalue weighted by Gasteiger charge is 2.25. The number of nitrogens with one attached hydrogen (secondary N) is 1. The smallest absolute Gasteiger partial charge is 0.0485 e. The van der Waals surface area contributed by atoms with Crippen LogP contribution in [0.1, 0.15) is 42.4 Å². The minimum atomic E-state index is -0.728. The normalized spacial score (nSPS) is 23.9. The average Bonchev–Trinajstić information content (AvgIpc) is 2.82. The van der Waals surface area contributed by atoms with Crippen LogP contribution in [0.25, 0.3) is 0 Å². The summed E-state index contributed by atoms with van der Waals surface area (Å²) in [6.45, 7) is 4.21. The van der Waals surface area contributed by atoms with Crippen LogP contribution in [-0.4, -0.2) is 23.1 Å². The third kappa shape index (κ3) is 4.42. The van der Waals surface area contributed by atoms with Crippen LogP contribution in [0.2, 0.25) is 0 Å². The maximum Gasteiger partial charge on any atom is 0.0485 e. The summed E-state index contributed by atoms with van der Waals surface area (Å²) in [6, 6.07) is 7.14. The predicted octanol–water partition coefficient (Wildman–Crippen LogP) is 3.33. The van der Waals surface area contributed by atoms with E-state index in [4.69, 9.17) is 0 Å². The lowest BCUT2D eigenvalue weighted by atomic mass is 10.0. The SMILES string of the molecule is CNC1CCCC1CCS(=O)Cc1cc(C)cc(C)c1. The van der Waals surface area contributed by atoms with Gasteiger partial charge >= 0.3 is 0 Å². The van der Waals surface area contributed by atoms with Gasteiger partial charge in [-0.05, 0) is 51.6 Å². The molecular weight excluding hydrogens is 266 g/mol. The predicted molar refractivity (Wildman–Crippen MR) is 87.4 cm³/mol. The van der Waals surface area contributed by atoms with Gasteiger partial charge in [0, 0.05) is 28.3 Å². The van der Waals surface area contributed by atoms with Gasteiger partial charge in [-0.15, -0.1) is 0 Å².